The maximum atomic E-state index is 11.9. The monoisotopic (exact) mass is 323 g/mol. The summed E-state index contributed by atoms with van der Waals surface area (Å²) >= 11 is 0. The fourth-order valence-corrected chi connectivity index (χ4v) is 3.61. The molecular formula is C17H27N2O2S+. The van der Waals surface area contributed by atoms with Crippen molar-refractivity contribution < 1.29 is 13.3 Å². The van der Waals surface area contributed by atoms with Gasteiger partial charge in [-0.15, -0.1) is 0 Å². The van der Waals surface area contributed by atoms with E-state index < -0.39 is 10.0 Å². The van der Waals surface area contributed by atoms with E-state index in [1.165, 1.54) is 31.3 Å². The van der Waals surface area contributed by atoms with Gasteiger partial charge < -0.3 is 4.90 Å². The fourth-order valence-electron chi connectivity index (χ4n) is 2.75. The lowest BCUT2D eigenvalue weighted by Crippen LogP contribution is -3.13. The van der Waals surface area contributed by atoms with Gasteiger partial charge in [0.2, 0.25) is 10.0 Å². The molecule has 5 heteroatoms. The lowest BCUT2D eigenvalue weighted by atomic mass is 9.99. The predicted molar refractivity (Wildman–Crippen MR) is 91.0 cm³/mol. The molecule has 0 radical (unpaired) electrons. The first-order valence-electron chi connectivity index (χ1n) is 8.11. The fraction of sp³-hybridized carbons (Fsp3) is 0.529. The van der Waals surface area contributed by atoms with Gasteiger partial charge in [0.1, 0.15) is 0 Å². The van der Waals surface area contributed by atoms with Crippen LogP contribution in [0.4, 0.5) is 0 Å². The van der Waals surface area contributed by atoms with Crippen molar-refractivity contribution in [2.75, 3.05) is 26.2 Å². The van der Waals surface area contributed by atoms with Gasteiger partial charge in [0.25, 0.3) is 0 Å². The van der Waals surface area contributed by atoms with E-state index in [1.807, 2.05) is 30.3 Å². The third kappa shape index (κ3) is 6.30. The second-order valence-corrected chi connectivity index (χ2v) is 7.84. The Labute approximate surface area is 134 Å². The molecule has 1 aromatic carbocycles. The van der Waals surface area contributed by atoms with Gasteiger partial charge in [0.15, 0.2) is 0 Å². The lowest BCUT2D eigenvalue weighted by molar-refractivity contribution is -0.906. The smallest absolute Gasteiger partial charge is 0.233 e. The largest absolute Gasteiger partial charge is 0.335 e. The van der Waals surface area contributed by atoms with Gasteiger partial charge in [-0.05, 0) is 30.4 Å². The van der Waals surface area contributed by atoms with E-state index in [4.69, 9.17) is 0 Å². The Bertz CT molecular complexity index is 562. The Hall–Kier alpha value is -1.17. The summed E-state index contributed by atoms with van der Waals surface area (Å²) in [6, 6.07) is 9.46. The van der Waals surface area contributed by atoms with Crippen LogP contribution in [0.2, 0.25) is 0 Å². The third-order valence-corrected chi connectivity index (χ3v) is 5.33. The molecule has 1 aromatic rings. The number of sulfonamides is 1. The highest BCUT2D eigenvalue weighted by Gasteiger charge is 2.18. The summed E-state index contributed by atoms with van der Waals surface area (Å²) in [5, 5.41) is 1.25. The predicted octanol–water partition coefficient (Wildman–Crippen LogP) is 1.28. The minimum absolute atomic E-state index is 0.514. The number of piperidine rings is 1. The van der Waals surface area contributed by atoms with Crippen LogP contribution in [0.3, 0.4) is 0 Å². The van der Waals surface area contributed by atoms with E-state index in [0.29, 0.717) is 6.54 Å². The number of rotatable bonds is 7. The number of hydrogen-bond donors (Lipinski definition) is 2. The molecule has 1 heterocycles. The molecule has 1 aliphatic heterocycles. The number of benzene rings is 1. The molecule has 0 aromatic heterocycles. The molecule has 2 N–H and O–H groups in total. The third-order valence-electron chi connectivity index (χ3n) is 4.23. The van der Waals surface area contributed by atoms with E-state index in [1.54, 1.807) is 11.0 Å². The minimum atomic E-state index is -3.33. The molecule has 0 saturated carbocycles. The molecule has 4 nitrogen and oxygen atoms in total. The van der Waals surface area contributed by atoms with Crippen LogP contribution in [0.1, 0.15) is 31.7 Å². The van der Waals surface area contributed by atoms with E-state index in [2.05, 4.69) is 11.6 Å². The molecule has 0 bridgehead atoms. The van der Waals surface area contributed by atoms with E-state index in [-0.39, 0.29) is 0 Å². The molecule has 0 aliphatic carbocycles. The maximum absolute atomic E-state index is 11.9. The Morgan fingerprint density at radius 3 is 2.59 bits per heavy atom. The first-order chi connectivity index (χ1) is 10.6. The summed E-state index contributed by atoms with van der Waals surface area (Å²) in [6.07, 6.45) is 5.10. The van der Waals surface area contributed by atoms with Gasteiger partial charge in [-0.1, -0.05) is 37.3 Å². The summed E-state index contributed by atoms with van der Waals surface area (Å²) in [6.45, 7) is 6.33. The second kappa shape index (κ2) is 8.46. The van der Waals surface area contributed by atoms with Gasteiger partial charge in [-0.25, -0.2) is 13.1 Å². The standard InChI is InChI=1S/C17H26N2O2S/c1-16-8-13-19(14-9-16)12-5-11-18-22(20,21)15-10-17-6-3-2-4-7-17/h2-4,6-7,10,15-16,18H,5,8-9,11-14H2,1H3/p+1/b15-10+. The zero-order chi connectivity index (χ0) is 15.8. The molecule has 0 unspecified atom stereocenters. The van der Waals surface area contributed by atoms with Crippen LogP contribution in [0.15, 0.2) is 35.7 Å². The SMILES string of the molecule is CC1CC[NH+](CCCNS(=O)(=O)/C=C/c2ccccc2)CC1. The molecule has 122 valence electrons. The van der Waals surface area contributed by atoms with Gasteiger partial charge >= 0.3 is 0 Å². The van der Waals surface area contributed by atoms with Crippen LogP contribution < -0.4 is 9.62 Å². The van der Waals surface area contributed by atoms with Crippen molar-refractivity contribution in [2.45, 2.75) is 26.2 Å². The second-order valence-electron chi connectivity index (χ2n) is 6.19. The minimum Gasteiger partial charge on any atom is -0.335 e. The number of quaternary nitrogens is 1. The van der Waals surface area contributed by atoms with Crippen molar-refractivity contribution in [2.24, 2.45) is 5.92 Å². The van der Waals surface area contributed by atoms with Crippen molar-refractivity contribution in [1.82, 2.24) is 4.72 Å². The highest BCUT2D eigenvalue weighted by molar-refractivity contribution is 7.92. The lowest BCUT2D eigenvalue weighted by Gasteiger charge is -2.27. The van der Waals surface area contributed by atoms with E-state index in [9.17, 15) is 8.42 Å². The van der Waals surface area contributed by atoms with Crippen LogP contribution in [0.5, 0.6) is 0 Å². The highest BCUT2D eigenvalue weighted by Crippen LogP contribution is 2.06. The first kappa shape index (κ1) is 17.2. The number of hydrogen-bond acceptors (Lipinski definition) is 2. The Morgan fingerprint density at radius 1 is 1.23 bits per heavy atom. The molecule has 2 rings (SSSR count). The molecule has 1 fully saturated rings. The zero-order valence-corrected chi connectivity index (χ0v) is 14.1. The van der Waals surface area contributed by atoms with Gasteiger partial charge in [-0.3, -0.25) is 0 Å². The van der Waals surface area contributed by atoms with Crippen molar-refractivity contribution in [1.29, 1.82) is 0 Å². The van der Waals surface area contributed by atoms with Crippen molar-refractivity contribution in [3.63, 3.8) is 0 Å². The van der Waals surface area contributed by atoms with Crippen LogP contribution in [-0.2, 0) is 10.0 Å². The van der Waals surface area contributed by atoms with E-state index in [0.717, 1.165) is 24.4 Å². The average Bonchev–Trinajstić information content (AvgIpc) is 2.52. The molecule has 22 heavy (non-hydrogen) atoms. The van der Waals surface area contributed by atoms with E-state index >= 15 is 0 Å². The number of nitrogens with one attached hydrogen (secondary N) is 2. The molecular weight excluding hydrogens is 296 g/mol. The van der Waals surface area contributed by atoms with Crippen LogP contribution in [-0.4, -0.2) is 34.6 Å². The van der Waals surface area contributed by atoms with Gasteiger partial charge in [0, 0.05) is 18.4 Å². The Morgan fingerprint density at radius 2 is 1.91 bits per heavy atom. The van der Waals surface area contributed by atoms with Crippen LogP contribution in [0, 0.1) is 5.92 Å². The normalized spacial score (nSPS) is 23.0. The van der Waals surface area contributed by atoms with Crippen LogP contribution >= 0.6 is 0 Å². The van der Waals surface area contributed by atoms with Crippen molar-refractivity contribution >= 4 is 16.1 Å². The molecule has 0 atom stereocenters. The molecule has 0 amide bonds. The summed E-state index contributed by atoms with van der Waals surface area (Å²) in [7, 11) is -3.33. The molecule has 0 spiro atoms. The average molecular weight is 323 g/mol. The Kier molecular flexibility index (Phi) is 6.61. The topological polar surface area (TPSA) is 50.6 Å². The summed E-state index contributed by atoms with van der Waals surface area (Å²) in [5.74, 6) is 0.852. The molecule has 1 aliphatic rings. The van der Waals surface area contributed by atoms with Crippen molar-refractivity contribution in [3.8, 4) is 0 Å². The Balaban J connectivity index is 1.68. The zero-order valence-electron chi connectivity index (χ0n) is 13.3. The first-order valence-corrected chi connectivity index (χ1v) is 9.66. The van der Waals surface area contributed by atoms with Crippen LogP contribution in [0.25, 0.3) is 6.08 Å². The number of likely N-dealkylation sites (tertiary alicyclic amines) is 1. The van der Waals surface area contributed by atoms with Gasteiger partial charge in [0.05, 0.1) is 19.6 Å². The highest BCUT2D eigenvalue weighted by atomic mass is 32.2. The summed E-state index contributed by atoms with van der Waals surface area (Å²) in [5.41, 5.74) is 0.889. The summed E-state index contributed by atoms with van der Waals surface area (Å²) < 4.78 is 26.4. The quantitative estimate of drug-likeness (QED) is 0.743. The molecule has 1 saturated heterocycles. The maximum Gasteiger partial charge on any atom is 0.233 e. The van der Waals surface area contributed by atoms with Gasteiger partial charge in [-0.2, -0.15) is 0 Å². The summed E-state index contributed by atoms with van der Waals surface area (Å²) in [4.78, 5) is 1.61. The van der Waals surface area contributed by atoms with Crippen molar-refractivity contribution in [3.05, 3.63) is 41.3 Å².